The van der Waals surface area contributed by atoms with Crippen LogP contribution in [0.15, 0.2) is 36.7 Å². The van der Waals surface area contributed by atoms with Crippen molar-refractivity contribution in [3.63, 3.8) is 0 Å². The third-order valence-electron chi connectivity index (χ3n) is 4.15. The van der Waals surface area contributed by atoms with Crippen LogP contribution in [0.4, 0.5) is 10.3 Å². The second-order valence-electron chi connectivity index (χ2n) is 5.60. The van der Waals surface area contributed by atoms with Crippen LogP contribution in [0.3, 0.4) is 0 Å². The van der Waals surface area contributed by atoms with Crippen molar-refractivity contribution in [2.24, 2.45) is 5.92 Å². The molecule has 1 aromatic carbocycles. The summed E-state index contributed by atoms with van der Waals surface area (Å²) in [5, 5.41) is 3.43. The molecule has 116 valence electrons. The van der Waals surface area contributed by atoms with Gasteiger partial charge in [0.1, 0.15) is 5.82 Å². The largest absolute Gasteiger partial charge is 0.354 e. The maximum absolute atomic E-state index is 13.8. The molecule has 2 unspecified atom stereocenters. The normalized spacial score (nSPS) is 22.0. The van der Waals surface area contributed by atoms with Gasteiger partial charge in [0.15, 0.2) is 0 Å². The van der Waals surface area contributed by atoms with E-state index in [9.17, 15) is 4.39 Å². The molecule has 1 saturated heterocycles. The molecule has 3 rings (SSSR count). The van der Waals surface area contributed by atoms with Crippen LogP contribution in [0.25, 0.3) is 0 Å². The summed E-state index contributed by atoms with van der Waals surface area (Å²) in [6, 6.07) is 7.03. The summed E-state index contributed by atoms with van der Waals surface area (Å²) < 4.78 is 13.8. The Kier molecular flexibility index (Phi) is 4.55. The van der Waals surface area contributed by atoms with E-state index in [1.807, 2.05) is 6.07 Å². The van der Waals surface area contributed by atoms with Crippen molar-refractivity contribution in [2.75, 3.05) is 25.5 Å². The molecule has 2 atom stereocenters. The maximum Gasteiger partial charge on any atom is 0.222 e. The molecule has 1 aromatic heterocycles. The van der Waals surface area contributed by atoms with Crippen molar-refractivity contribution in [3.05, 3.63) is 53.1 Å². The van der Waals surface area contributed by atoms with Gasteiger partial charge >= 0.3 is 0 Å². The van der Waals surface area contributed by atoms with Crippen LogP contribution in [-0.2, 0) is 0 Å². The maximum atomic E-state index is 13.8. The van der Waals surface area contributed by atoms with Gasteiger partial charge in [-0.15, -0.1) is 0 Å². The topological polar surface area (TPSA) is 41.0 Å². The summed E-state index contributed by atoms with van der Waals surface area (Å²) >= 11 is 5.78. The summed E-state index contributed by atoms with van der Waals surface area (Å²) in [5.74, 6) is 0.630. The molecule has 6 heteroatoms. The van der Waals surface area contributed by atoms with Gasteiger partial charge in [0, 0.05) is 25.0 Å². The molecule has 2 aromatic rings. The lowest BCUT2D eigenvalue weighted by Crippen LogP contribution is -2.25. The Labute approximate surface area is 134 Å². The van der Waals surface area contributed by atoms with Gasteiger partial charge in [-0.3, -0.25) is 4.90 Å². The van der Waals surface area contributed by atoms with Crippen LogP contribution in [0.1, 0.15) is 18.0 Å². The zero-order valence-electron chi connectivity index (χ0n) is 12.3. The number of hydrogen-bond acceptors (Lipinski definition) is 4. The first-order chi connectivity index (χ1) is 10.6. The van der Waals surface area contributed by atoms with Crippen LogP contribution in [0, 0.1) is 11.7 Å². The molecule has 1 aliphatic rings. The first-order valence-corrected chi connectivity index (χ1v) is 7.69. The van der Waals surface area contributed by atoms with Crippen molar-refractivity contribution in [1.82, 2.24) is 14.9 Å². The highest BCUT2D eigenvalue weighted by atomic mass is 35.5. The molecular formula is C16H18ClFN4. The molecule has 22 heavy (non-hydrogen) atoms. The van der Waals surface area contributed by atoms with Crippen molar-refractivity contribution in [2.45, 2.75) is 12.5 Å². The number of halogens is 2. The van der Waals surface area contributed by atoms with Crippen molar-refractivity contribution < 1.29 is 4.39 Å². The molecule has 0 aliphatic carbocycles. The Morgan fingerprint density at radius 2 is 2.14 bits per heavy atom. The van der Waals surface area contributed by atoms with Crippen LogP contribution in [-0.4, -0.2) is 35.0 Å². The average molecular weight is 321 g/mol. The molecule has 0 bridgehead atoms. The molecular weight excluding hydrogens is 303 g/mol. The number of nitrogens with one attached hydrogen (secondary N) is 1. The zero-order chi connectivity index (χ0) is 15.5. The highest BCUT2D eigenvalue weighted by molar-refractivity contribution is 6.30. The minimum absolute atomic E-state index is 0.164. The van der Waals surface area contributed by atoms with E-state index in [2.05, 4.69) is 27.2 Å². The lowest BCUT2D eigenvalue weighted by molar-refractivity contribution is 0.281. The standard InChI is InChI=1S/C16H18ClFN4/c1-22-8-5-12(10-21-16-19-6-2-7-20-16)15(22)11-3-4-13(17)14(18)9-11/h2-4,6-7,9,12,15H,5,8,10H2,1H3,(H,19,20,21). The van der Waals surface area contributed by atoms with Gasteiger partial charge in [0.25, 0.3) is 0 Å². The molecule has 0 saturated carbocycles. The van der Waals surface area contributed by atoms with Crippen LogP contribution in [0.2, 0.25) is 5.02 Å². The van der Waals surface area contributed by atoms with Gasteiger partial charge in [-0.25, -0.2) is 14.4 Å². The van der Waals surface area contributed by atoms with Crippen molar-refractivity contribution in [1.29, 1.82) is 0 Å². The molecule has 0 amide bonds. The van der Waals surface area contributed by atoms with E-state index in [-0.39, 0.29) is 16.9 Å². The number of likely N-dealkylation sites (tertiary alicyclic amines) is 1. The van der Waals surface area contributed by atoms with Gasteiger partial charge in [-0.1, -0.05) is 17.7 Å². The fraction of sp³-hybridized carbons (Fsp3) is 0.375. The zero-order valence-corrected chi connectivity index (χ0v) is 13.1. The van der Waals surface area contributed by atoms with E-state index in [0.29, 0.717) is 11.9 Å². The van der Waals surface area contributed by atoms with Gasteiger partial charge in [-0.05, 0) is 49.7 Å². The number of nitrogens with zero attached hydrogens (tertiary/aromatic N) is 3. The van der Waals surface area contributed by atoms with E-state index >= 15 is 0 Å². The van der Waals surface area contributed by atoms with E-state index in [4.69, 9.17) is 11.6 Å². The number of hydrogen-bond donors (Lipinski definition) is 1. The first-order valence-electron chi connectivity index (χ1n) is 7.31. The van der Waals surface area contributed by atoms with E-state index in [1.54, 1.807) is 30.6 Å². The second-order valence-corrected chi connectivity index (χ2v) is 6.01. The number of benzene rings is 1. The Bertz CT molecular complexity index is 637. The third kappa shape index (κ3) is 3.20. The van der Waals surface area contributed by atoms with E-state index in [1.165, 1.54) is 0 Å². The van der Waals surface area contributed by atoms with Crippen molar-refractivity contribution >= 4 is 17.5 Å². The summed E-state index contributed by atoms with van der Waals surface area (Å²) in [6.45, 7) is 1.74. The lowest BCUT2D eigenvalue weighted by Gasteiger charge is -2.26. The molecule has 1 aliphatic heterocycles. The number of anilines is 1. The predicted molar refractivity (Wildman–Crippen MR) is 85.4 cm³/mol. The predicted octanol–water partition coefficient (Wildman–Crippen LogP) is 3.37. The molecule has 0 spiro atoms. The second kappa shape index (κ2) is 6.58. The summed E-state index contributed by atoms with van der Waals surface area (Å²) in [5.41, 5.74) is 0.961. The average Bonchev–Trinajstić information content (AvgIpc) is 2.90. The van der Waals surface area contributed by atoms with Gasteiger partial charge < -0.3 is 5.32 Å². The third-order valence-corrected chi connectivity index (χ3v) is 4.45. The fourth-order valence-corrected chi connectivity index (χ4v) is 3.19. The van der Waals surface area contributed by atoms with Gasteiger partial charge in [0.2, 0.25) is 5.95 Å². The Hall–Kier alpha value is -1.72. The molecule has 1 fully saturated rings. The number of aromatic nitrogens is 2. The van der Waals surface area contributed by atoms with Crippen LogP contribution in [0.5, 0.6) is 0 Å². The summed E-state index contributed by atoms with van der Waals surface area (Å²) in [6.07, 6.45) is 4.47. The van der Waals surface area contributed by atoms with E-state index < -0.39 is 0 Å². The highest BCUT2D eigenvalue weighted by Crippen LogP contribution is 2.37. The smallest absolute Gasteiger partial charge is 0.222 e. The molecule has 2 heterocycles. The monoisotopic (exact) mass is 320 g/mol. The Morgan fingerprint density at radius 3 is 2.86 bits per heavy atom. The van der Waals surface area contributed by atoms with Crippen LogP contribution >= 0.6 is 11.6 Å². The highest BCUT2D eigenvalue weighted by Gasteiger charge is 2.33. The fourth-order valence-electron chi connectivity index (χ4n) is 3.08. The van der Waals surface area contributed by atoms with Gasteiger partial charge in [0.05, 0.1) is 5.02 Å². The minimum Gasteiger partial charge on any atom is -0.354 e. The quantitative estimate of drug-likeness (QED) is 0.937. The Balaban J connectivity index is 1.74. The Morgan fingerprint density at radius 1 is 1.36 bits per heavy atom. The van der Waals surface area contributed by atoms with Crippen LogP contribution < -0.4 is 5.32 Å². The van der Waals surface area contributed by atoms with Gasteiger partial charge in [-0.2, -0.15) is 0 Å². The first kappa shape index (κ1) is 15.2. The number of rotatable bonds is 4. The molecule has 0 radical (unpaired) electrons. The summed E-state index contributed by atoms with van der Waals surface area (Å²) in [4.78, 5) is 10.6. The van der Waals surface area contributed by atoms with Crippen molar-refractivity contribution in [3.8, 4) is 0 Å². The SMILES string of the molecule is CN1CCC(CNc2ncccn2)C1c1ccc(Cl)c(F)c1. The lowest BCUT2D eigenvalue weighted by atomic mass is 9.93. The minimum atomic E-state index is -0.363. The molecule has 4 nitrogen and oxygen atoms in total. The summed E-state index contributed by atoms with van der Waals surface area (Å²) in [7, 11) is 2.07. The van der Waals surface area contributed by atoms with E-state index in [0.717, 1.165) is 25.1 Å². The molecule has 1 N–H and O–H groups in total.